The van der Waals surface area contributed by atoms with Gasteiger partial charge >= 0.3 is 0 Å². The molecule has 0 fully saturated rings. The van der Waals surface area contributed by atoms with Gasteiger partial charge in [-0.15, -0.1) is 0 Å². The van der Waals surface area contributed by atoms with E-state index in [1.54, 1.807) is 18.2 Å². The van der Waals surface area contributed by atoms with Gasteiger partial charge in [0, 0.05) is 5.02 Å². The van der Waals surface area contributed by atoms with Gasteiger partial charge in [-0.3, -0.25) is 0 Å². The van der Waals surface area contributed by atoms with Gasteiger partial charge in [0.1, 0.15) is 11.8 Å². The molecule has 3 N–H and O–H groups in total. The van der Waals surface area contributed by atoms with E-state index >= 15 is 0 Å². The molecule has 108 valence electrons. The second-order valence-corrected chi connectivity index (χ2v) is 5.25. The second kappa shape index (κ2) is 6.38. The third-order valence-corrected chi connectivity index (χ3v) is 3.04. The van der Waals surface area contributed by atoms with E-state index in [9.17, 15) is 0 Å². The molecule has 0 aliphatic carbocycles. The Morgan fingerprint density at radius 1 is 1.24 bits per heavy atom. The van der Waals surface area contributed by atoms with Gasteiger partial charge < -0.3 is 15.8 Å². The van der Waals surface area contributed by atoms with Crippen LogP contribution in [0.1, 0.15) is 19.4 Å². The van der Waals surface area contributed by atoms with Crippen molar-refractivity contribution in [1.82, 2.24) is 0 Å². The molecular weight excluding hydrogens is 286 g/mol. The monoisotopic (exact) mass is 301 g/mol. The minimum Gasteiger partial charge on any atom is -0.489 e. The summed E-state index contributed by atoms with van der Waals surface area (Å²) in [5.41, 5.74) is 8.38. The lowest BCUT2D eigenvalue weighted by atomic mass is 10.1. The number of hydrogen-bond acceptors (Lipinski definition) is 4. The zero-order valence-electron chi connectivity index (χ0n) is 11.9. The number of nitrogen functional groups attached to an aromatic ring is 1. The molecule has 0 bridgehead atoms. The number of halogens is 1. The summed E-state index contributed by atoms with van der Waals surface area (Å²) in [4.78, 5) is 0. The molecule has 0 saturated heterocycles. The number of para-hydroxylation sites is 1. The highest BCUT2D eigenvalue weighted by atomic mass is 35.5. The molecule has 0 amide bonds. The predicted octanol–water partition coefficient (Wildman–Crippen LogP) is 4.32. The highest BCUT2D eigenvalue weighted by Crippen LogP contribution is 2.33. The molecule has 0 aliphatic heterocycles. The molecule has 2 aromatic carbocycles. The Hall–Kier alpha value is -2.38. The van der Waals surface area contributed by atoms with E-state index in [0.29, 0.717) is 33.4 Å². The van der Waals surface area contributed by atoms with E-state index in [4.69, 9.17) is 27.3 Å². The highest BCUT2D eigenvalue weighted by Gasteiger charge is 2.10. The van der Waals surface area contributed by atoms with Gasteiger partial charge in [-0.25, -0.2) is 0 Å². The second-order valence-electron chi connectivity index (χ2n) is 4.81. The van der Waals surface area contributed by atoms with Crippen molar-refractivity contribution in [1.29, 1.82) is 5.26 Å². The normalized spacial score (nSPS) is 10.2. The molecule has 0 aliphatic rings. The van der Waals surface area contributed by atoms with E-state index < -0.39 is 0 Å². The molecule has 2 rings (SSSR count). The van der Waals surface area contributed by atoms with Crippen molar-refractivity contribution in [3.8, 4) is 11.8 Å². The Kier molecular flexibility index (Phi) is 4.56. The van der Waals surface area contributed by atoms with Crippen LogP contribution in [-0.4, -0.2) is 6.10 Å². The van der Waals surface area contributed by atoms with E-state index in [-0.39, 0.29) is 6.10 Å². The Bertz CT molecular complexity index is 692. The fourth-order valence-corrected chi connectivity index (χ4v) is 2.04. The van der Waals surface area contributed by atoms with Crippen molar-refractivity contribution in [2.45, 2.75) is 20.0 Å². The van der Waals surface area contributed by atoms with Crippen LogP contribution in [0, 0.1) is 11.3 Å². The Balaban J connectivity index is 2.37. The maximum atomic E-state index is 9.14. The van der Waals surface area contributed by atoms with Crippen LogP contribution in [-0.2, 0) is 0 Å². The van der Waals surface area contributed by atoms with Crippen molar-refractivity contribution in [2.75, 3.05) is 11.1 Å². The summed E-state index contributed by atoms with van der Waals surface area (Å²) >= 11 is 5.97. The molecule has 0 spiro atoms. The van der Waals surface area contributed by atoms with E-state index in [2.05, 4.69) is 11.4 Å². The summed E-state index contributed by atoms with van der Waals surface area (Å²) in [6.07, 6.45) is 0.0309. The van der Waals surface area contributed by atoms with E-state index in [1.165, 1.54) is 0 Å². The van der Waals surface area contributed by atoms with Crippen LogP contribution in [0.2, 0.25) is 5.02 Å². The highest BCUT2D eigenvalue weighted by molar-refractivity contribution is 6.30. The lowest BCUT2D eigenvalue weighted by molar-refractivity contribution is 0.244. The third kappa shape index (κ3) is 3.59. The van der Waals surface area contributed by atoms with Gasteiger partial charge in [0.25, 0.3) is 0 Å². The molecule has 21 heavy (non-hydrogen) atoms. The van der Waals surface area contributed by atoms with Crippen LogP contribution in [0.5, 0.6) is 5.75 Å². The van der Waals surface area contributed by atoms with Crippen LogP contribution < -0.4 is 15.8 Å². The standard InChI is InChI=1S/C16H16ClN3O/c1-10(2)21-15-5-3-4-13(16(15)19)20-14-8-12(17)7-6-11(14)9-18/h3-8,10,20H,19H2,1-2H3. The number of nitriles is 1. The molecular formula is C16H16ClN3O. The molecule has 0 saturated carbocycles. The molecule has 0 atom stereocenters. The molecule has 0 aromatic heterocycles. The van der Waals surface area contributed by atoms with Crippen molar-refractivity contribution in [3.63, 3.8) is 0 Å². The SMILES string of the molecule is CC(C)Oc1cccc(Nc2cc(Cl)ccc2C#N)c1N. The summed E-state index contributed by atoms with van der Waals surface area (Å²) in [5, 5.41) is 12.8. The number of nitrogens with zero attached hydrogens (tertiary/aromatic N) is 1. The van der Waals surface area contributed by atoms with Gasteiger partial charge in [0.2, 0.25) is 0 Å². The van der Waals surface area contributed by atoms with Crippen molar-refractivity contribution in [2.24, 2.45) is 0 Å². The van der Waals surface area contributed by atoms with Gasteiger partial charge in [-0.2, -0.15) is 5.26 Å². The average Bonchev–Trinajstić information content (AvgIpc) is 2.43. The van der Waals surface area contributed by atoms with Crippen LogP contribution in [0.15, 0.2) is 36.4 Å². The first-order valence-corrected chi connectivity index (χ1v) is 6.91. The maximum Gasteiger partial charge on any atom is 0.144 e. The third-order valence-electron chi connectivity index (χ3n) is 2.80. The van der Waals surface area contributed by atoms with Gasteiger partial charge in [-0.1, -0.05) is 17.7 Å². The number of hydrogen-bond donors (Lipinski definition) is 2. The van der Waals surface area contributed by atoms with Crippen LogP contribution in [0.3, 0.4) is 0 Å². The molecule has 0 heterocycles. The van der Waals surface area contributed by atoms with Crippen LogP contribution in [0.25, 0.3) is 0 Å². The number of benzene rings is 2. The average molecular weight is 302 g/mol. The molecule has 2 aromatic rings. The molecule has 0 unspecified atom stereocenters. The molecule has 4 nitrogen and oxygen atoms in total. The summed E-state index contributed by atoms with van der Waals surface area (Å²) in [7, 11) is 0. The number of anilines is 3. The molecule has 5 heteroatoms. The van der Waals surface area contributed by atoms with Crippen molar-refractivity contribution in [3.05, 3.63) is 47.0 Å². The van der Waals surface area contributed by atoms with Crippen molar-refractivity contribution < 1.29 is 4.74 Å². The maximum absolute atomic E-state index is 9.14. The minimum atomic E-state index is 0.0309. The Morgan fingerprint density at radius 3 is 2.67 bits per heavy atom. The largest absolute Gasteiger partial charge is 0.489 e. The summed E-state index contributed by atoms with van der Waals surface area (Å²) in [6, 6.07) is 12.6. The van der Waals surface area contributed by atoms with Crippen LogP contribution in [0.4, 0.5) is 17.1 Å². The lowest BCUT2D eigenvalue weighted by Gasteiger charge is -2.16. The number of ether oxygens (including phenoxy) is 1. The van der Waals surface area contributed by atoms with E-state index in [1.807, 2.05) is 32.0 Å². The fraction of sp³-hybridized carbons (Fsp3) is 0.188. The number of nitrogens with one attached hydrogen (secondary N) is 1. The Morgan fingerprint density at radius 2 is 2.00 bits per heavy atom. The summed E-state index contributed by atoms with van der Waals surface area (Å²) < 4.78 is 5.65. The first-order chi connectivity index (χ1) is 10.0. The first-order valence-electron chi connectivity index (χ1n) is 6.53. The van der Waals surface area contributed by atoms with Gasteiger partial charge in [0.15, 0.2) is 0 Å². The Labute approximate surface area is 129 Å². The fourth-order valence-electron chi connectivity index (χ4n) is 1.87. The predicted molar refractivity (Wildman–Crippen MR) is 86.1 cm³/mol. The zero-order valence-corrected chi connectivity index (χ0v) is 12.6. The zero-order chi connectivity index (χ0) is 15.4. The van der Waals surface area contributed by atoms with Gasteiger partial charge in [-0.05, 0) is 44.2 Å². The summed E-state index contributed by atoms with van der Waals surface area (Å²) in [6.45, 7) is 3.87. The molecule has 0 radical (unpaired) electrons. The number of rotatable bonds is 4. The number of nitrogens with two attached hydrogens (primary N) is 1. The smallest absolute Gasteiger partial charge is 0.144 e. The summed E-state index contributed by atoms with van der Waals surface area (Å²) in [5.74, 6) is 0.607. The lowest BCUT2D eigenvalue weighted by Crippen LogP contribution is -2.08. The quantitative estimate of drug-likeness (QED) is 0.825. The topological polar surface area (TPSA) is 71.1 Å². The minimum absolute atomic E-state index is 0.0309. The van der Waals surface area contributed by atoms with Gasteiger partial charge in [0.05, 0.1) is 28.7 Å². The van der Waals surface area contributed by atoms with Crippen molar-refractivity contribution >= 4 is 28.7 Å². The van der Waals surface area contributed by atoms with E-state index in [0.717, 1.165) is 0 Å². The first kappa shape index (κ1) is 15.0. The van der Waals surface area contributed by atoms with Crippen LogP contribution >= 0.6 is 11.6 Å².